The lowest BCUT2D eigenvalue weighted by molar-refractivity contribution is -0.137. The summed E-state index contributed by atoms with van der Waals surface area (Å²) in [5.41, 5.74) is 0. The van der Waals surface area contributed by atoms with Crippen molar-refractivity contribution in [3.8, 4) is 0 Å². The third-order valence-electron chi connectivity index (χ3n) is 2.65. The van der Waals surface area contributed by atoms with Crippen LogP contribution in [0.2, 0.25) is 0 Å². The second-order valence-corrected chi connectivity index (χ2v) is 4.29. The molecule has 0 aromatic rings. The highest BCUT2D eigenvalue weighted by Crippen LogP contribution is 2.02. The van der Waals surface area contributed by atoms with Gasteiger partial charge in [-0.05, 0) is 33.1 Å². The molecular formula is C12H24N2O4. The average Bonchev–Trinajstić information content (AvgIpc) is 2.29. The van der Waals surface area contributed by atoms with E-state index >= 15 is 0 Å². The molecule has 0 fully saturated rings. The summed E-state index contributed by atoms with van der Waals surface area (Å²) in [7, 11) is 0. The lowest BCUT2D eigenvalue weighted by Gasteiger charge is -2.23. The lowest BCUT2D eigenvalue weighted by atomic mass is 10.1. The molecule has 0 saturated heterocycles. The van der Waals surface area contributed by atoms with Crippen molar-refractivity contribution < 1.29 is 19.8 Å². The van der Waals surface area contributed by atoms with Gasteiger partial charge in [0.1, 0.15) is 0 Å². The molecule has 0 aliphatic rings. The number of hydrogen-bond acceptors (Lipinski definition) is 3. The normalized spacial score (nSPS) is 11.9. The van der Waals surface area contributed by atoms with E-state index in [2.05, 4.69) is 5.32 Å². The van der Waals surface area contributed by atoms with Gasteiger partial charge in [0.25, 0.3) is 0 Å². The third-order valence-corrected chi connectivity index (χ3v) is 2.65. The monoisotopic (exact) mass is 260 g/mol. The second-order valence-electron chi connectivity index (χ2n) is 4.29. The van der Waals surface area contributed by atoms with Gasteiger partial charge in [-0.25, -0.2) is 4.79 Å². The number of carboxylic acid groups (broad SMARTS) is 1. The van der Waals surface area contributed by atoms with E-state index < -0.39 is 5.97 Å². The molecule has 6 heteroatoms. The van der Waals surface area contributed by atoms with Crippen molar-refractivity contribution in [1.29, 1.82) is 0 Å². The number of carbonyl (C=O) groups is 2. The van der Waals surface area contributed by atoms with Crippen LogP contribution in [0.1, 0.15) is 39.5 Å². The predicted molar refractivity (Wildman–Crippen MR) is 68.4 cm³/mol. The van der Waals surface area contributed by atoms with Gasteiger partial charge in [-0.15, -0.1) is 0 Å². The van der Waals surface area contributed by atoms with Crippen LogP contribution in [-0.2, 0) is 4.79 Å². The summed E-state index contributed by atoms with van der Waals surface area (Å²) in [4.78, 5) is 23.8. The van der Waals surface area contributed by atoms with E-state index in [4.69, 9.17) is 10.2 Å². The Morgan fingerprint density at radius 2 is 2.00 bits per heavy atom. The van der Waals surface area contributed by atoms with Gasteiger partial charge in [0.15, 0.2) is 0 Å². The number of rotatable bonds is 9. The summed E-state index contributed by atoms with van der Waals surface area (Å²) in [6.07, 6.45) is 1.89. The van der Waals surface area contributed by atoms with Crippen LogP contribution in [-0.4, -0.2) is 52.9 Å². The van der Waals surface area contributed by atoms with Crippen molar-refractivity contribution in [3.63, 3.8) is 0 Å². The summed E-state index contributed by atoms with van der Waals surface area (Å²) >= 11 is 0. The Balaban J connectivity index is 3.92. The molecule has 1 atom stereocenters. The molecule has 0 rings (SSSR count). The molecule has 0 aromatic heterocycles. The molecule has 106 valence electrons. The molecule has 0 bridgehead atoms. The van der Waals surface area contributed by atoms with E-state index in [9.17, 15) is 9.59 Å². The largest absolute Gasteiger partial charge is 0.481 e. The topological polar surface area (TPSA) is 89.9 Å². The first-order valence-electron chi connectivity index (χ1n) is 6.39. The first-order chi connectivity index (χ1) is 8.51. The maximum absolute atomic E-state index is 11.8. The maximum atomic E-state index is 11.8. The van der Waals surface area contributed by atoms with Gasteiger partial charge >= 0.3 is 12.0 Å². The molecule has 0 aromatic carbocycles. The minimum Gasteiger partial charge on any atom is -0.481 e. The number of hydrogen-bond donors (Lipinski definition) is 3. The highest BCUT2D eigenvalue weighted by atomic mass is 16.4. The number of amides is 2. The van der Waals surface area contributed by atoms with Gasteiger partial charge < -0.3 is 20.4 Å². The van der Waals surface area contributed by atoms with Gasteiger partial charge in [0, 0.05) is 32.2 Å². The maximum Gasteiger partial charge on any atom is 0.317 e. The molecule has 0 aliphatic heterocycles. The van der Waals surface area contributed by atoms with E-state index in [0.29, 0.717) is 32.4 Å². The summed E-state index contributed by atoms with van der Waals surface area (Å²) in [5, 5.41) is 20.1. The van der Waals surface area contributed by atoms with Gasteiger partial charge in [-0.1, -0.05) is 0 Å². The van der Waals surface area contributed by atoms with Crippen LogP contribution in [0.5, 0.6) is 0 Å². The summed E-state index contributed by atoms with van der Waals surface area (Å²) in [6.45, 7) is 4.93. The second kappa shape index (κ2) is 9.70. The first kappa shape index (κ1) is 16.7. The molecule has 2 amide bonds. The Hall–Kier alpha value is -1.30. The fraction of sp³-hybridized carbons (Fsp3) is 0.833. The van der Waals surface area contributed by atoms with Gasteiger partial charge in [-0.2, -0.15) is 0 Å². The Bertz CT molecular complexity index is 258. The molecule has 0 heterocycles. The number of carboxylic acids is 1. The van der Waals surface area contributed by atoms with Crippen molar-refractivity contribution in [3.05, 3.63) is 0 Å². The van der Waals surface area contributed by atoms with Gasteiger partial charge in [-0.3, -0.25) is 4.79 Å². The fourth-order valence-corrected chi connectivity index (χ4v) is 1.60. The van der Waals surface area contributed by atoms with E-state index in [0.717, 1.165) is 0 Å². The quantitative estimate of drug-likeness (QED) is 0.578. The Labute approximate surface area is 108 Å². The number of aliphatic carboxylic acids is 1. The minimum atomic E-state index is -0.813. The van der Waals surface area contributed by atoms with E-state index in [1.807, 2.05) is 13.8 Å². The van der Waals surface area contributed by atoms with Crippen LogP contribution in [0.3, 0.4) is 0 Å². The molecule has 0 radical (unpaired) electrons. The predicted octanol–water partition coefficient (Wildman–Crippen LogP) is 1.04. The summed E-state index contributed by atoms with van der Waals surface area (Å²) < 4.78 is 0. The van der Waals surface area contributed by atoms with E-state index in [1.165, 1.54) is 0 Å². The van der Waals surface area contributed by atoms with Crippen molar-refractivity contribution in [1.82, 2.24) is 10.2 Å². The molecule has 6 nitrogen and oxygen atoms in total. The number of aliphatic hydroxyl groups excluding tert-OH is 1. The van der Waals surface area contributed by atoms with Crippen LogP contribution in [0.25, 0.3) is 0 Å². The van der Waals surface area contributed by atoms with Crippen LogP contribution in [0, 0.1) is 0 Å². The zero-order valence-electron chi connectivity index (χ0n) is 11.2. The number of nitrogens with zero attached hydrogens (tertiary/aromatic N) is 1. The van der Waals surface area contributed by atoms with E-state index in [-0.39, 0.29) is 25.1 Å². The molecule has 0 saturated carbocycles. The van der Waals surface area contributed by atoms with Crippen LogP contribution < -0.4 is 5.32 Å². The smallest absolute Gasteiger partial charge is 0.317 e. The van der Waals surface area contributed by atoms with Crippen LogP contribution in [0.15, 0.2) is 0 Å². The summed E-state index contributed by atoms with van der Waals surface area (Å²) in [6, 6.07) is -0.200. The first-order valence-corrected chi connectivity index (χ1v) is 6.39. The molecule has 0 spiro atoms. The highest BCUT2D eigenvalue weighted by molar-refractivity contribution is 5.74. The zero-order valence-corrected chi connectivity index (χ0v) is 11.2. The average molecular weight is 260 g/mol. The SMILES string of the molecule is CCN(CCCO)C(=O)NC(C)CCCC(=O)O. The fourth-order valence-electron chi connectivity index (χ4n) is 1.60. The lowest BCUT2D eigenvalue weighted by Crippen LogP contribution is -2.44. The molecule has 1 unspecified atom stereocenters. The van der Waals surface area contributed by atoms with Crippen LogP contribution in [0.4, 0.5) is 4.79 Å². The Kier molecular flexibility index (Phi) is 9.00. The van der Waals surface area contributed by atoms with Crippen molar-refractivity contribution in [2.45, 2.75) is 45.6 Å². The van der Waals surface area contributed by atoms with Crippen molar-refractivity contribution >= 4 is 12.0 Å². The third kappa shape index (κ3) is 7.89. The zero-order chi connectivity index (χ0) is 14.0. The number of aliphatic hydroxyl groups is 1. The number of urea groups is 1. The van der Waals surface area contributed by atoms with Crippen molar-refractivity contribution in [2.75, 3.05) is 19.7 Å². The van der Waals surface area contributed by atoms with Crippen LogP contribution >= 0.6 is 0 Å². The van der Waals surface area contributed by atoms with E-state index in [1.54, 1.807) is 4.90 Å². The standard InChI is InChI=1S/C12H24N2O4/c1-3-14(8-5-9-15)12(18)13-10(2)6-4-7-11(16)17/h10,15H,3-9H2,1-2H3,(H,13,18)(H,16,17). The highest BCUT2D eigenvalue weighted by Gasteiger charge is 2.13. The molecule has 18 heavy (non-hydrogen) atoms. The Morgan fingerprint density at radius 3 is 2.50 bits per heavy atom. The molecular weight excluding hydrogens is 236 g/mol. The van der Waals surface area contributed by atoms with Gasteiger partial charge in [0.2, 0.25) is 0 Å². The molecule has 0 aliphatic carbocycles. The molecule has 3 N–H and O–H groups in total. The number of carbonyl (C=O) groups excluding carboxylic acids is 1. The summed E-state index contributed by atoms with van der Waals surface area (Å²) in [5.74, 6) is -0.813. The number of nitrogens with one attached hydrogen (secondary N) is 1. The van der Waals surface area contributed by atoms with Crippen molar-refractivity contribution in [2.24, 2.45) is 0 Å². The van der Waals surface area contributed by atoms with Gasteiger partial charge in [0.05, 0.1) is 0 Å². The Morgan fingerprint density at radius 1 is 1.33 bits per heavy atom. The minimum absolute atomic E-state index is 0.0416.